The van der Waals surface area contributed by atoms with Crippen LogP contribution in [0.2, 0.25) is 0 Å². The molecule has 1 aliphatic heterocycles. The predicted octanol–water partition coefficient (Wildman–Crippen LogP) is 2.72. The third kappa shape index (κ3) is 3.65. The van der Waals surface area contributed by atoms with Crippen LogP contribution in [0.3, 0.4) is 0 Å². The fourth-order valence-corrected chi connectivity index (χ4v) is 3.79. The lowest BCUT2D eigenvalue weighted by atomic mass is 10.0. The Hall–Kier alpha value is -0.780. The van der Waals surface area contributed by atoms with Gasteiger partial charge < -0.3 is 4.74 Å². The zero-order chi connectivity index (χ0) is 14.6. The van der Waals surface area contributed by atoms with Gasteiger partial charge in [-0.05, 0) is 43.0 Å². The van der Waals surface area contributed by atoms with Crippen LogP contribution in [0.5, 0.6) is 5.75 Å². The average molecular weight is 318 g/mol. The van der Waals surface area contributed by atoms with Gasteiger partial charge in [0.15, 0.2) is 0 Å². The van der Waals surface area contributed by atoms with Gasteiger partial charge in [0.05, 0.1) is 10.8 Å². The van der Waals surface area contributed by atoms with Crippen LogP contribution >= 0.6 is 11.6 Å². The number of ether oxygens (including phenoxy) is 1. The van der Waals surface area contributed by atoms with E-state index in [4.69, 9.17) is 16.3 Å². The first-order valence-corrected chi connectivity index (χ1v) is 8.80. The van der Waals surface area contributed by atoms with Crippen molar-refractivity contribution in [2.24, 2.45) is 5.92 Å². The van der Waals surface area contributed by atoms with E-state index < -0.39 is 10.0 Å². The van der Waals surface area contributed by atoms with Crippen LogP contribution in [-0.4, -0.2) is 38.3 Å². The maximum Gasteiger partial charge on any atom is 0.243 e. The topological polar surface area (TPSA) is 46.6 Å². The van der Waals surface area contributed by atoms with Crippen molar-refractivity contribution in [3.63, 3.8) is 0 Å². The quantitative estimate of drug-likeness (QED) is 0.784. The maximum absolute atomic E-state index is 12.5. The van der Waals surface area contributed by atoms with Crippen molar-refractivity contribution in [3.8, 4) is 5.75 Å². The van der Waals surface area contributed by atoms with E-state index in [2.05, 4.69) is 6.92 Å². The number of hydrogen-bond donors (Lipinski definition) is 0. The average Bonchev–Trinajstić information content (AvgIpc) is 2.46. The molecule has 112 valence electrons. The van der Waals surface area contributed by atoms with E-state index in [9.17, 15) is 8.42 Å². The highest BCUT2D eigenvalue weighted by molar-refractivity contribution is 7.89. The largest absolute Gasteiger partial charge is 0.492 e. The van der Waals surface area contributed by atoms with Crippen molar-refractivity contribution in [3.05, 3.63) is 24.3 Å². The van der Waals surface area contributed by atoms with Gasteiger partial charge in [0.2, 0.25) is 10.0 Å². The molecule has 0 unspecified atom stereocenters. The molecular formula is C14H20ClNO3S. The van der Waals surface area contributed by atoms with Crippen LogP contribution in [0.25, 0.3) is 0 Å². The van der Waals surface area contributed by atoms with Gasteiger partial charge in [0.1, 0.15) is 12.4 Å². The Morgan fingerprint density at radius 2 is 1.85 bits per heavy atom. The van der Waals surface area contributed by atoms with Crippen molar-refractivity contribution in [1.29, 1.82) is 0 Å². The number of piperidine rings is 1. The number of nitrogens with zero attached hydrogens (tertiary/aromatic N) is 1. The molecule has 1 aromatic carbocycles. The second-order valence-corrected chi connectivity index (χ2v) is 7.41. The Balaban J connectivity index is 2.09. The Morgan fingerprint density at radius 3 is 2.40 bits per heavy atom. The van der Waals surface area contributed by atoms with Gasteiger partial charge in [-0.3, -0.25) is 0 Å². The second-order valence-electron chi connectivity index (χ2n) is 5.10. The number of benzene rings is 1. The SMILES string of the molecule is CC1CCN(S(=O)(=O)c2ccc(OCCCl)cc2)CC1. The van der Waals surface area contributed by atoms with Gasteiger partial charge in [-0.15, -0.1) is 11.6 Å². The molecule has 20 heavy (non-hydrogen) atoms. The monoisotopic (exact) mass is 317 g/mol. The lowest BCUT2D eigenvalue weighted by molar-refractivity contribution is 0.288. The fraction of sp³-hybridized carbons (Fsp3) is 0.571. The second kappa shape index (κ2) is 6.78. The predicted molar refractivity (Wildman–Crippen MR) is 79.8 cm³/mol. The van der Waals surface area contributed by atoms with E-state index in [0.29, 0.717) is 42.1 Å². The summed E-state index contributed by atoms with van der Waals surface area (Å²) >= 11 is 5.54. The zero-order valence-electron chi connectivity index (χ0n) is 11.6. The van der Waals surface area contributed by atoms with Crippen LogP contribution in [-0.2, 0) is 10.0 Å². The number of hydrogen-bond acceptors (Lipinski definition) is 3. The summed E-state index contributed by atoms with van der Waals surface area (Å²) in [6.45, 7) is 3.78. The van der Waals surface area contributed by atoms with Gasteiger partial charge >= 0.3 is 0 Å². The summed E-state index contributed by atoms with van der Waals surface area (Å²) in [4.78, 5) is 0.324. The molecule has 0 saturated carbocycles. The van der Waals surface area contributed by atoms with Gasteiger partial charge in [0.25, 0.3) is 0 Å². The van der Waals surface area contributed by atoms with Gasteiger partial charge in [-0.2, -0.15) is 4.31 Å². The molecule has 0 amide bonds. The summed E-state index contributed by atoms with van der Waals surface area (Å²) in [6.07, 6.45) is 1.85. The molecule has 0 aliphatic carbocycles. The first-order chi connectivity index (χ1) is 9.54. The lowest BCUT2D eigenvalue weighted by Crippen LogP contribution is -2.37. The van der Waals surface area contributed by atoms with Gasteiger partial charge in [0, 0.05) is 13.1 Å². The van der Waals surface area contributed by atoms with Crippen molar-refractivity contribution in [2.45, 2.75) is 24.7 Å². The van der Waals surface area contributed by atoms with Crippen LogP contribution in [0.15, 0.2) is 29.2 Å². The summed E-state index contributed by atoms with van der Waals surface area (Å²) in [6, 6.07) is 6.53. The van der Waals surface area contributed by atoms with Crippen LogP contribution in [0, 0.1) is 5.92 Å². The van der Waals surface area contributed by atoms with E-state index in [1.165, 1.54) is 0 Å². The smallest absolute Gasteiger partial charge is 0.243 e. The minimum atomic E-state index is -3.37. The molecule has 1 fully saturated rings. The van der Waals surface area contributed by atoms with Gasteiger partial charge in [-0.25, -0.2) is 8.42 Å². The maximum atomic E-state index is 12.5. The summed E-state index contributed by atoms with van der Waals surface area (Å²) in [7, 11) is -3.37. The molecule has 4 nitrogen and oxygen atoms in total. The van der Waals surface area contributed by atoms with Crippen LogP contribution in [0.1, 0.15) is 19.8 Å². The highest BCUT2D eigenvalue weighted by Gasteiger charge is 2.27. The Kier molecular flexibility index (Phi) is 5.29. The highest BCUT2D eigenvalue weighted by atomic mass is 35.5. The molecule has 0 aromatic heterocycles. The van der Waals surface area contributed by atoms with Crippen molar-refractivity contribution < 1.29 is 13.2 Å². The fourth-order valence-electron chi connectivity index (χ4n) is 2.24. The van der Waals surface area contributed by atoms with Crippen molar-refractivity contribution in [2.75, 3.05) is 25.6 Å². The first-order valence-electron chi connectivity index (χ1n) is 6.83. The van der Waals surface area contributed by atoms with E-state index in [1.807, 2.05) is 0 Å². The molecule has 1 saturated heterocycles. The van der Waals surface area contributed by atoms with Crippen molar-refractivity contribution in [1.82, 2.24) is 4.31 Å². The Bertz CT molecular complexity index is 522. The first kappa shape index (κ1) is 15.6. The zero-order valence-corrected chi connectivity index (χ0v) is 13.2. The molecule has 2 rings (SSSR count). The molecule has 0 radical (unpaired) electrons. The molecule has 6 heteroatoms. The number of halogens is 1. The third-order valence-electron chi connectivity index (χ3n) is 3.55. The third-order valence-corrected chi connectivity index (χ3v) is 5.62. The minimum Gasteiger partial charge on any atom is -0.492 e. The lowest BCUT2D eigenvalue weighted by Gasteiger charge is -2.29. The number of sulfonamides is 1. The summed E-state index contributed by atoms with van der Waals surface area (Å²) in [5, 5.41) is 0. The van der Waals surface area contributed by atoms with E-state index >= 15 is 0 Å². The number of alkyl halides is 1. The highest BCUT2D eigenvalue weighted by Crippen LogP contribution is 2.24. The molecule has 0 bridgehead atoms. The summed E-state index contributed by atoms with van der Waals surface area (Å²) in [5.41, 5.74) is 0. The summed E-state index contributed by atoms with van der Waals surface area (Å²) in [5.74, 6) is 1.65. The molecule has 0 spiro atoms. The normalized spacial score (nSPS) is 18.1. The molecular weight excluding hydrogens is 298 g/mol. The standard InChI is InChI=1S/C14H20ClNO3S/c1-12-6-9-16(10-7-12)20(17,18)14-4-2-13(3-5-14)19-11-8-15/h2-5,12H,6-11H2,1H3. The van der Waals surface area contributed by atoms with Crippen molar-refractivity contribution >= 4 is 21.6 Å². The van der Waals surface area contributed by atoms with E-state index in [-0.39, 0.29) is 0 Å². The van der Waals surface area contributed by atoms with E-state index in [0.717, 1.165) is 12.8 Å². The molecule has 0 atom stereocenters. The molecule has 1 aromatic rings. The molecule has 1 aliphatic rings. The van der Waals surface area contributed by atoms with Crippen LogP contribution in [0.4, 0.5) is 0 Å². The van der Waals surface area contributed by atoms with Crippen LogP contribution < -0.4 is 4.74 Å². The number of rotatable bonds is 5. The minimum absolute atomic E-state index is 0.324. The molecule has 0 N–H and O–H groups in total. The van der Waals surface area contributed by atoms with Gasteiger partial charge in [-0.1, -0.05) is 6.92 Å². The Labute approximate surface area is 125 Å². The van der Waals surface area contributed by atoms with E-state index in [1.54, 1.807) is 28.6 Å². The molecule has 1 heterocycles. The summed E-state index contributed by atoms with van der Waals surface area (Å²) < 4.78 is 31.9. The Morgan fingerprint density at radius 1 is 1.25 bits per heavy atom.